The third-order valence-corrected chi connectivity index (χ3v) is 3.48. The molecule has 1 fully saturated rings. The first kappa shape index (κ1) is 15.4. The molecule has 1 atom stereocenters. The number of β-amino-alcohol motifs (C(OH)–C–C–N with tert-alkyl or cyclic N) is 1. The Morgan fingerprint density at radius 2 is 2.14 bits per heavy atom. The molecule has 2 rings (SSSR count). The molecule has 1 aliphatic rings. The lowest BCUT2D eigenvalue weighted by atomic mass is 9.95. The van der Waals surface area contributed by atoms with Crippen molar-refractivity contribution >= 4 is 17.3 Å². The van der Waals surface area contributed by atoms with Gasteiger partial charge in [0.25, 0.3) is 5.69 Å². The number of amides is 1. The minimum atomic E-state index is -0.744. The molecule has 0 spiro atoms. The fourth-order valence-electron chi connectivity index (χ4n) is 2.53. The number of nitro groups is 1. The Kier molecular flexibility index (Phi) is 4.54. The predicted molar refractivity (Wildman–Crippen MR) is 78.0 cm³/mol. The van der Waals surface area contributed by atoms with Gasteiger partial charge in [-0.3, -0.25) is 19.8 Å². The van der Waals surface area contributed by atoms with Gasteiger partial charge in [0, 0.05) is 24.4 Å². The molecule has 0 radical (unpaired) electrons. The van der Waals surface area contributed by atoms with Crippen LogP contribution in [0.2, 0.25) is 0 Å². The first-order valence-corrected chi connectivity index (χ1v) is 6.85. The third-order valence-electron chi connectivity index (χ3n) is 3.48. The summed E-state index contributed by atoms with van der Waals surface area (Å²) < 4.78 is 0. The second-order valence-electron chi connectivity index (χ2n) is 5.66. The SMILES string of the molecule is CC1(O)CCCN(CC(=O)Nc2ccc([N+](=O)[O-])cc2)C1. The number of nitrogens with one attached hydrogen (secondary N) is 1. The molecule has 114 valence electrons. The van der Waals surface area contributed by atoms with Crippen molar-refractivity contribution in [3.05, 3.63) is 34.4 Å². The van der Waals surface area contributed by atoms with Gasteiger partial charge >= 0.3 is 0 Å². The Morgan fingerprint density at radius 1 is 1.48 bits per heavy atom. The second kappa shape index (κ2) is 6.19. The van der Waals surface area contributed by atoms with Crippen molar-refractivity contribution < 1.29 is 14.8 Å². The van der Waals surface area contributed by atoms with Gasteiger partial charge in [-0.15, -0.1) is 0 Å². The third kappa shape index (κ3) is 4.51. The standard InChI is InChI=1S/C14H19N3O4/c1-14(19)7-2-8-16(10-14)9-13(18)15-11-3-5-12(6-4-11)17(20)21/h3-6,19H,2,7-10H2,1H3,(H,15,18). The molecule has 1 aromatic rings. The van der Waals surface area contributed by atoms with Crippen LogP contribution in [0.5, 0.6) is 0 Å². The number of nitrogens with zero attached hydrogens (tertiary/aromatic N) is 2. The summed E-state index contributed by atoms with van der Waals surface area (Å²) in [4.78, 5) is 23.9. The number of carbonyl (C=O) groups excluding carboxylic acids is 1. The molecule has 0 saturated carbocycles. The van der Waals surface area contributed by atoms with Crippen molar-refractivity contribution in [2.24, 2.45) is 0 Å². The van der Waals surface area contributed by atoms with Crippen LogP contribution in [-0.4, -0.2) is 46.1 Å². The maximum Gasteiger partial charge on any atom is 0.269 e. The minimum Gasteiger partial charge on any atom is -0.389 e. The van der Waals surface area contributed by atoms with Crippen LogP contribution in [0.3, 0.4) is 0 Å². The van der Waals surface area contributed by atoms with E-state index in [0.29, 0.717) is 12.2 Å². The summed E-state index contributed by atoms with van der Waals surface area (Å²) >= 11 is 0. The Bertz CT molecular complexity index is 528. The molecule has 1 amide bonds. The molecule has 21 heavy (non-hydrogen) atoms. The number of aliphatic hydroxyl groups is 1. The van der Waals surface area contributed by atoms with E-state index in [2.05, 4.69) is 5.32 Å². The summed E-state index contributed by atoms with van der Waals surface area (Å²) in [5.41, 5.74) is -0.235. The summed E-state index contributed by atoms with van der Waals surface area (Å²) in [5, 5.41) is 23.2. The average molecular weight is 293 g/mol. The fraction of sp³-hybridized carbons (Fsp3) is 0.500. The average Bonchev–Trinajstić information content (AvgIpc) is 2.37. The first-order chi connectivity index (χ1) is 9.85. The second-order valence-corrected chi connectivity index (χ2v) is 5.66. The van der Waals surface area contributed by atoms with Crippen molar-refractivity contribution in [2.75, 3.05) is 25.0 Å². The monoisotopic (exact) mass is 293 g/mol. The number of hydrogen-bond acceptors (Lipinski definition) is 5. The van der Waals surface area contributed by atoms with E-state index < -0.39 is 10.5 Å². The van der Waals surface area contributed by atoms with Gasteiger partial charge in [0.15, 0.2) is 0 Å². The Balaban J connectivity index is 1.88. The van der Waals surface area contributed by atoms with Crippen LogP contribution in [-0.2, 0) is 4.79 Å². The largest absolute Gasteiger partial charge is 0.389 e. The Morgan fingerprint density at radius 3 is 2.71 bits per heavy atom. The zero-order valence-electron chi connectivity index (χ0n) is 11.9. The normalized spacial score (nSPS) is 22.8. The minimum absolute atomic E-state index is 0.0138. The molecule has 0 aliphatic carbocycles. The number of rotatable bonds is 4. The molecule has 1 unspecified atom stereocenters. The van der Waals surface area contributed by atoms with E-state index in [1.165, 1.54) is 24.3 Å². The number of piperidine rings is 1. The van der Waals surface area contributed by atoms with E-state index in [0.717, 1.165) is 19.4 Å². The van der Waals surface area contributed by atoms with E-state index >= 15 is 0 Å². The van der Waals surface area contributed by atoms with Crippen LogP contribution in [0, 0.1) is 10.1 Å². The van der Waals surface area contributed by atoms with Crippen LogP contribution in [0.1, 0.15) is 19.8 Å². The molecule has 1 aromatic carbocycles. The van der Waals surface area contributed by atoms with Crippen LogP contribution in [0.4, 0.5) is 11.4 Å². The highest BCUT2D eigenvalue weighted by Gasteiger charge is 2.29. The van der Waals surface area contributed by atoms with E-state index in [9.17, 15) is 20.0 Å². The number of likely N-dealkylation sites (tertiary alicyclic amines) is 1. The van der Waals surface area contributed by atoms with Crippen LogP contribution in [0.15, 0.2) is 24.3 Å². The zero-order chi connectivity index (χ0) is 15.5. The number of carbonyl (C=O) groups is 1. The highest BCUT2D eigenvalue weighted by atomic mass is 16.6. The summed E-state index contributed by atoms with van der Waals surface area (Å²) in [6.07, 6.45) is 1.60. The Hall–Kier alpha value is -1.99. The van der Waals surface area contributed by atoms with Crippen LogP contribution >= 0.6 is 0 Å². The van der Waals surface area contributed by atoms with Gasteiger partial charge in [0.05, 0.1) is 17.1 Å². The zero-order valence-corrected chi connectivity index (χ0v) is 11.9. The number of non-ortho nitro benzene ring substituents is 1. The lowest BCUT2D eigenvalue weighted by molar-refractivity contribution is -0.384. The van der Waals surface area contributed by atoms with Gasteiger partial charge in [-0.2, -0.15) is 0 Å². The van der Waals surface area contributed by atoms with Crippen molar-refractivity contribution in [2.45, 2.75) is 25.4 Å². The predicted octanol–water partition coefficient (Wildman–Crippen LogP) is 1.38. The van der Waals surface area contributed by atoms with Gasteiger partial charge in [0.1, 0.15) is 0 Å². The lowest BCUT2D eigenvalue weighted by Gasteiger charge is -2.36. The fourth-order valence-corrected chi connectivity index (χ4v) is 2.53. The Labute approximate surface area is 122 Å². The molecule has 0 aromatic heterocycles. The molecule has 7 heteroatoms. The van der Waals surface area contributed by atoms with Crippen LogP contribution < -0.4 is 5.32 Å². The molecular formula is C14H19N3O4. The maximum atomic E-state index is 11.9. The number of hydrogen-bond donors (Lipinski definition) is 2. The van der Waals surface area contributed by atoms with Gasteiger partial charge < -0.3 is 10.4 Å². The summed E-state index contributed by atoms with van der Waals surface area (Å²) in [6.45, 7) is 3.23. The lowest BCUT2D eigenvalue weighted by Crippen LogP contribution is -2.48. The van der Waals surface area contributed by atoms with E-state index in [4.69, 9.17) is 0 Å². The number of nitro benzene ring substituents is 1. The van der Waals surface area contributed by atoms with Gasteiger partial charge in [-0.25, -0.2) is 0 Å². The summed E-state index contributed by atoms with van der Waals surface area (Å²) in [5.74, 6) is -0.193. The van der Waals surface area contributed by atoms with E-state index in [-0.39, 0.29) is 18.1 Å². The van der Waals surface area contributed by atoms with Crippen molar-refractivity contribution in [3.8, 4) is 0 Å². The molecule has 7 nitrogen and oxygen atoms in total. The smallest absolute Gasteiger partial charge is 0.269 e. The molecule has 1 aliphatic heterocycles. The van der Waals surface area contributed by atoms with Gasteiger partial charge in [-0.1, -0.05) is 0 Å². The molecular weight excluding hydrogens is 274 g/mol. The summed E-state index contributed by atoms with van der Waals surface area (Å²) in [7, 11) is 0. The van der Waals surface area contributed by atoms with Gasteiger partial charge in [-0.05, 0) is 38.4 Å². The molecule has 1 saturated heterocycles. The number of benzene rings is 1. The highest BCUT2D eigenvalue weighted by Crippen LogP contribution is 2.20. The quantitative estimate of drug-likeness (QED) is 0.646. The van der Waals surface area contributed by atoms with Crippen molar-refractivity contribution in [3.63, 3.8) is 0 Å². The summed E-state index contributed by atoms with van der Waals surface area (Å²) in [6, 6.07) is 5.70. The molecule has 0 bridgehead atoms. The van der Waals surface area contributed by atoms with Crippen molar-refractivity contribution in [1.29, 1.82) is 0 Å². The van der Waals surface area contributed by atoms with E-state index in [1.807, 2.05) is 4.90 Å². The van der Waals surface area contributed by atoms with Gasteiger partial charge in [0.2, 0.25) is 5.91 Å². The van der Waals surface area contributed by atoms with Crippen molar-refractivity contribution in [1.82, 2.24) is 4.90 Å². The van der Waals surface area contributed by atoms with Crippen LogP contribution in [0.25, 0.3) is 0 Å². The number of anilines is 1. The molecule has 2 N–H and O–H groups in total. The topological polar surface area (TPSA) is 95.7 Å². The highest BCUT2D eigenvalue weighted by molar-refractivity contribution is 5.92. The molecule has 1 heterocycles. The first-order valence-electron chi connectivity index (χ1n) is 6.85. The van der Waals surface area contributed by atoms with E-state index in [1.54, 1.807) is 6.92 Å². The maximum absolute atomic E-state index is 11.9.